The number of primary amides is 2. The molecule has 2 aliphatic rings. The Hall–Kier alpha value is -5.54. The summed E-state index contributed by atoms with van der Waals surface area (Å²) in [5.41, 5.74) is 18.2. The van der Waals surface area contributed by atoms with Gasteiger partial charge in [-0.3, -0.25) is 19.0 Å². The number of hydrogen-bond acceptors (Lipinski definition) is 10. The second-order valence-electron chi connectivity index (χ2n) is 15.7. The van der Waals surface area contributed by atoms with Gasteiger partial charge in [0.1, 0.15) is 11.6 Å². The van der Waals surface area contributed by atoms with Crippen LogP contribution in [0.25, 0.3) is 0 Å². The molecule has 0 saturated heterocycles. The van der Waals surface area contributed by atoms with E-state index in [4.69, 9.17) is 49.5 Å². The first-order valence-electron chi connectivity index (χ1n) is 20.4. The van der Waals surface area contributed by atoms with Gasteiger partial charge in [-0.1, -0.05) is 71.7 Å². The SMILES string of the molecule is COCCn1cc(Cc2ncc(Cl)c(CCc3ccccc3C3(C(N)=O)CC3)n2)cn1.NC(=O)C1(c2ccccc2CCc2nc(Cc3cnn(CCO)c3)ncc2Cl)CC1. The number of aliphatic hydroxyl groups excluding tert-OH is 1. The zero-order chi connectivity index (χ0) is 43.0. The molecule has 0 aliphatic heterocycles. The molecule has 2 aliphatic carbocycles. The lowest BCUT2D eigenvalue weighted by Crippen LogP contribution is -2.29. The maximum Gasteiger partial charge on any atom is 0.228 e. The predicted octanol–water partition coefficient (Wildman–Crippen LogP) is 5.08. The van der Waals surface area contributed by atoms with Crippen molar-refractivity contribution in [3.05, 3.63) is 152 Å². The molecule has 8 rings (SSSR count). The van der Waals surface area contributed by atoms with E-state index in [0.717, 1.165) is 83.3 Å². The molecule has 0 bridgehead atoms. The van der Waals surface area contributed by atoms with E-state index >= 15 is 0 Å². The summed E-state index contributed by atoms with van der Waals surface area (Å²) in [6.45, 7) is 1.82. The van der Waals surface area contributed by atoms with Crippen LogP contribution in [0.4, 0.5) is 0 Å². The lowest BCUT2D eigenvalue weighted by atomic mass is 9.88. The molecule has 14 nitrogen and oxygen atoms in total. The lowest BCUT2D eigenvalue weighted by Gasteiger charge is -2.16. The van der Waals surface area contributed by atoms with Gasteiger partial charge in [-0.15, -0.1) is 0 Å². The molecule has 5 N–H and O–H groups in total. The summed E-state index contributed by atoms with van der Waals surface area (Å²) in [5, 5.41) is 18.6. The first-order chi connectivity index (χ1) is 29.5. The summed E-state index contributed by atoms with van der Waals surface area (Å²) in [6.07, 6.45) is 17.8. The minimum atomic E-state index is -0.508. The maximum atomic E-state index is 12.0. The van der Waals surface area contributed by atoms with Crippen molar-refractivity contribution in [3.8, 4) is 0 Å². The third kappa shape index (κ3) is 10.5. The molecule has 2 saturated carbocycles. The number of benzene rings is 2. The molecule has 0 atom stereocenters. The molecule has 2 fully saturated rings. The molecule has 318 valence electrons. The molecule has 2 aromatic carbocycles. The number of aliphatic hydroxyl groups is 1. The molecule has 6 aromatic rings. The standard InChI is InChI=1S/C23H26ClN5O2.C22H24ClN5O2/c1-31-11-10-29-15-16(13-27-29)12-21-26-14-19(24)20(28-21)7-6-17-4-2-3-5-18(17)23(8-9-23)22(25)30;23-18-13-25-20(11-15-12-26-28(14-15)9-10-29)27-19(18)6-5-16-3-1-2-4-17(16)22(7-8-22)21(24)30/h2-5,13-15H,6-12H2,1H3,(H2,25,30);1-4,12-14,29H,5-11H2,(H2,24,30). The van der Waals surface area contributed by atoms with Gasteiger partial charge in [0.25, 0.3) is 0 Å². The molecule has 0 unspecified atom stereocenters. The average Bonchev–Trinajstić information content (AvgIpc) is 4.17. The molecule has 16 heteroatoms. The Balaban J connectivity index is 0.000000184. The number of nitrogens with two attached hydrogens (primary N) is 2. The molecular weight excluding hydrogens is 815 g/mol. The van der Waals surface area contributed by atoms with Crippen molar-refractivity contribution < 1.29 is 19.4 Å². The fraction of sp³-hybridized carbons (Fsp3) is 0.378. The highest BCUT2D eigenvalue weighted by molar-refractivity contribution is 6.31. The summed E-state index contributed by atoms with van der Waals surface area (Å²) in [4.78, 5) is 42.1. The normalized spacial score (nSPS) is 14.6. The number of methoxy groups -OCH3 is 1. The maximum absolute atomic E-state index is 12.0. The van der Waals surface area contributed by atoms with Crippen LogP contribution in [0.15, 0.2) is 85.7 Å². The highest BCUT2D eigenvalue weighted by Gasteiger charge is 2.51. The van der Waals surface area contributed by atoms with Crippen LogP contribution >= 0.6 is 23.2 Å². The van der Waals surface area contributed by atoms with Gasteiger partial charge in [-0.2, -0.15) is 10.2 Å². The van der Waals surface area contributed by atoms with Crippen LogP contribution in [0.5, 0.6) is 0 Å². The molecule has 61 heavy (non-hydrogen) atoms. The Morgan fingerprint density at radius 2 is 1.13 bits per heavy atom. The Kier molecular flexibility index (Phi) is 13.9. The number of halogens is 2. The Morgan fingerprint density at radius 1 is 0.689 bits per heavy atom. The van der Waals surface area contributed by atoms with Crippen molar-refractivity contribution in [1.82, 2.24) is 39.5 Å². The second-order valence-corrected chi connectivity index (χ2v) is 16.5. The van der Waals surface area contributed by atoms with Crippen LogP contribution in [0.3, 0.4) is 0 Å². The number of aryl methyl sites for hydroxylation is 4. The Bertz CT molecular complexity index is 2480. The van der Waals surface area contributed by atoms with Crippen molar-refractivity contribution in [2.75, 3.05) is 20.3 Å². The van der Waals surface area contributed by atoms with E-state index in [9.17, 15) is 9.59 Å². The average molecular weight is 866 g/mol. The van der Waals surface area contributed by atoms with Crippen molar-refractivity contribution >= 4 is 35.0 Å². The molecule has 0 radical (unpaired) electrons. The van der Waals surface area contributed by atoms with Crippen molar-refractivity contribution in [3.63, 3.8) is 0 Å². The second kappa shape index (κ2) is 19.4. The van der Waals surface area contributed by atoms with Gasteiger partial charge in [0.2, 0.25) is 11.8 Å². The number of hydrogen-bond donors (Lipinski definition) is 3. The topological polar surface area (TPSA) is 203 Å². The van der Waals surface area contributed by atoms with Crippen LogP contribution < -0.4 is 11.5 Å². The first kappa shape index (κ1) is 43.5. The highest BCUT2D eigenvalue weighted by atomic mass is 35.5. The lowest BCUT2D eigenvalue weighted by molar-refractivity contribution is -0.121. The van der Waals surface area contributed by atoms with E-state index < -0.39 is 10.8 Å². The van der Waals surface area contributed by atoms with Gasteiger partial charge in [0.15, 0.2) is 0 Å². The third-order valence-corrected chi connectivity index (χ3v) is 12.1. The Labute approximate surface area is 364 Å². The van der Waals surface area contributed by atoms with Gasteiger partial charge < -0.3 is 21.3 Å². The highest BCUT2D eigenvalue weighted by Crippen LogP contribution is 2.50. The summed E-state index contributed by atoms with van der Waals surface area (Å²) in [6, 6.07) is 16.0. The minimum absolute atomic E-state index is 0.0429. The third-order valence-electron chi connectivity index (χ3n) is 11.5. The van der Waals surface area contributed by atoms with E-state index in [1.165, 1.54) is 0 Å². The van der Waals surface area contributed by atoms with Crippen LogP contribution in [0.2, 0.25) is 10.0 Å². The fourth-order valence-corrected chi connectivity index (χ4v) is 8.14. The molecule has 4 heterocycles. The number of amides is 2. The van der Waals surface area contributed by atoms with Crippen LogP contribution in [-0.4, -0.2) is 76.7 Å². The number of carbonyl (C=O) groups is 2. The number of rotatable bonds is 19. The molecule has 2 amide bonds. The van der Waals surface area contributed by atoms with E-state index in [1.807, 2.05) is 65.7 Å². The summed E-state index contributed by atoms with van der Waals surface area (Å²) >= 11 is 12.7. The monoisotopic (exact) mass is 864 g/mol. The summed E-state index contributed by atoms with van der Waals surface area (Å²) < 4.78 is 8.62. The zero-order valence-corrected chi connectivity index (χ0v) is 35.7. The van der Waals surface area contributed by atoms with E-state index in [1.54, 1.807) is 30.4 Å². The van der Waals surface area contributed by atoms with Gasteiger partial charge in [-0.25, -0.2) is 19.9 Å². The zero-order valence-electron chi connectivity index (χ0n) is 34.1. The van der Waals surface area contributed by atoms with Crippen molar-refractivity contribution in [1.29, 1.82) is 0 Å². The summed E-state index contributed by atoms with van der Waals surface area (Å²) in [5.74, 6) is 0.879. The number of ether oxygens (including phenoxy) is 1. The van der Waals surface area contributed by atoms with Gasteiger partial charge in [0.05, 0.1) is 71.0 Å². The van der Waals surface area contributed by atoms with Crippen LogP contribution in [0, 0.1) is 0 Å². The van der Waals surface area contributed by atoms with Gasteiger partial charge in [0, 0.05) is 44.7 Å². The van der Waals surface area contributed by atoms with Crippen molar-refractivity contribution in [2.45, 2.75) is 88.1 Å². The van der Waals surface area contributed by atoms with Crippen molar-refractivity contribution in [2.24, 2.45) is 11.5 Å². The van der Waals surface area contributed by atoms with E-state index in [-0.39, 0.29) is 18.4 Å². The number of carbonyl (C=O) groups excluding carboxylic acids is 2. The predicted molar refractivity (Wildman–Crippen MR) is 231 cm³/mol. The van der Waals surface area contributed by atoms with Crippen LogP contribution in [0.1, 0.15) is 82.1 Å². The van der Waals surface area contributed by atoms with Gasteiger partial charge >= 0.3 is 0 Å². The molecule has 0 spiro atoms. The van der Waals surface area contributed by atoms with Gasteiger partial charge in [-0.05, 0) is 84.7 Å². The Morgan fingerprint density at radius 3 is 1.54 bits per heavy atom. The number of aromatic nitrogens is 8. The smallest absolute Gasteiger partial charge is 0.228 e. The quantitative estimate of drug-likeness (QED) is 0.0986. The van der Waals surface area contributed by atoms with Crippen LogP contribution in [-0.2, 0) is 76.8 Å². The van der Waals surface area contributed by atoms with E-state index in [0.29, 0.717) is 67.1 Å². The minimum Gasteiger partial charge on any atom is -0.394 e. The largest absolute Gasteiger partial charge is 0.394 e. The first-order valence-corrected chi connectivity index (χ1v) is 21.2. The number of nitrogens with zero attached hydrogens (tertiary/aromatic N) is 8. The summed E-state index contributed by atoms with van der Waals surface area (Å²) in [7, 11) is 1.67. The van der Waals surface area contributed by atoms with E-state index in [2.05, 4.69) is 31.2 Å². The molecule has 4 aromatic heterocycles. The fourth-order valence-electron chi connectivity index (χ4n) is 7.76. The molecular formula is C45H50Cl2N10O4.